The van der Waals surface area contributed by atoms with Gasteiger partial charge in [-0.2, -0.15) is 0 Å². The van der Waals surface area contributed by atoms with Crippen LogP contribution in [-0.2, 0) is 38.0 Å². The van der Waals surface area contributed by atoms with Crippen LogP contribution in [-0.4, -0.2) is 142 Å². The maximum atomic E-state index is 12.9. The van der Waals surface area contributed by atoms with Crippen LogP contribution in [0.2, 0.25) is 0 Å². The van der Waals surface area contributed by atoms with E-state index in [1.165, 1.54) is 128 Å². The number of hydrogen-bond donors (Lipinski definition) is 7. The Kier molecular flexibility index (Phi) is 34.3. The van der Waals surface area contributed by atoms with E-state index >= 15 is 0 Å². The molecule has 0 aliphatic carbocycles. The van der Waals surface area contributed by atoms with Crippen molar-refractivity contribution in [3.05, 3.63) is 0 Å². The molecule has 0 saturated carbocycles. The zero-order valence-corrected chi connectivity index (χ0v) is 39.8. The molecule has 0 amide bonds. The number of aliphatic hydroxyl groups is 7. The highest BCUT2D eigenvalue weighted by Crippen LogP contribution is 2.26. The summed E-state index contributed by atoms with van der Waals surface area (Å²) in [6.45, 7) is 2.60. The summed E-state index contributed by atoms with van der Waals surface area (Å²) < 4.78 is 33.5. The highest BCUT2D eigenvalue weighted by atomic mass is 16.7. The lowest BCUT2D eigenvalue weighted by Gasteiger charge is -2.42. The minimum atomic E-state index is -1.76. The Morgan fingerprint density at radius 2 is 0.797 bits per heavy atom. The molecule has 15 heteroatoms. The van der Waals surface area contributed by atoms with Crippen LogP contribution < -0.4 is 0 Å². The number of esters is 2. The molecule has 2 rings (SSSR count). The van der Waals surface area contributed by atoms with Crippen LogP contribution in [0.15, 0.2) is 0 Å². The largest absolute Gasteiger partial charge is 0.462 e. The van der Waals surface area contributed by atoms with Crippen LogP contribution in [0.4, 0.5) is 0 Å². The molecule has 7 N–H and O–H groups in total. The van der Waals surface area contributed by atoms with Gasteiger partial charge < -0.3 is 64.2 Å². The summed E-state index contributed by atoms with van der Waals surface area (Å²) in [4.78, 5) is 25.7. The van der Waals surface area contributed by atoms with Crippen molar-refractivity contribution in [1.82, 2.24) is 0 Å². The van der Waals surface area contributed by atoms with Crippen molar-refractivity contribution in [3.63, 3.8) is 0 Å². The van der Waals surface area contributed by atoms with Gasteiger partial charge in [-0.3, -0.25) is 9.59 Å². The van der Waals surface area contributed by atoms with Crippen molar-refractivity contribution in [3.8, 4) is 0 Å². The molecule has 2 fully saturated rings. The first kappa shape index (κ1) is 58.6. The SMILES string of the molecule is CCCCCCCCCCCCCCCCCCCCC(=O)OC[C@H](CO[C@H]1O[C@@H](CO[C@H]2O[C@@H](CO)[C@@H](O)C(O)C2O)[C@@H](O)C(O)C1O)OC(=O)CCCCCCCCCCCC. The first-order valence-electron chi connectivity index (χ1n) is 25.6. The second-order valence-corrected chi connectivity index (χ2v) is 18.4. The number of aliphatic hydroxyl groups excluding tert-OH is 7. The number of unbranched alkanes of at least 4 members (excludes halogenated alkanes) is 26. The van der Waals surface area contributed by atoms with Crippen molar-refractivity contribution in [2.24, 2.45) is 0 Å². The lowest BCUT2D eigenvalue weighted by molar-refractivity contribution is -0.332. The maximum Gasteiger partial charge on any atom is 0.306 e. The van der Waals surface area contributed by atoms with Gasteiger partial charge in [-0.15, -0.1) is 0 Å². The second kappa shape index (κ2) is 37.5. The molecule has 378 valence electrons. The summed E-state index contributed by atoms with van der Waals surface area (Å²) in [5, 5.41) is 72.0. The molecule has 0 bridgehead atoms. The molecule has 15 nitrogen and oxygen atoms in total. The molecular formula is C49H92O15. The van der Waals surface area contributed by atoms with E-state index in [4.69, 9.17) is 28.4 Å². The number of carbonyl (C=O) groups is 2. The molecule has 0 aromatic carbocycles. The van der Waals surface area contributed by atoms with E-state index in [0.717, 1.165) is 38.5 Å². The standard InChI is InChI=1S/C49H92O15/c1-3-5-7-9-11-13-15-16-17-18-19-20-21-22-24-25-27-29-31-40(51)59-34-37(62-41(52)32-30-28-26-23-14-12-10-8-6-4-2)35-60-48-47(58)45(56)43(54)39(64-48)36-61-49-46(57)44(55)42(53)38(33-50)63-49/h37-39,42-50,53-58H,3-36H2,1-2H3/t37-,38+,39+,42-,43-,44?,45?,46?,47?,48+,49+/m1/s1. The Morgan fingerprint density at radius 3 is 1.22 bits per heavy atom. The third-order valence-electron chi connectivity index (χ3n) is 12.6. The van der Waals surface area contributed by atoms with Crippen LogP contribution in [0, 0.1) is 0 Å². The highest BCUT2D eigenvalue weighted by Gasteiger charge is 2.47. The highest BCUT2D eigenvalue weighted by molar-refractivity contribution is 5.70. The minimum absolute atomic E-state index is 0.172. The quantitative estimate of drug-likeness (QED) is 0.0247. The molecule has 2 aliphatic heterocycles. The fourth-order valence-electron chi connectivity index (χ4n) is 8.34. The van der Waals surface area contributed by atoms with E-state index in [2.05, 4.69) is 13.8 Å². The zero-order chi connectivity index (χ0) is 46.8. The first-order chi connectivity index (χ1) is 31.0. The molecule has 0 radical (unpaired) electrons. The Hall–Kier alpha value is -1.50. The van der Waals surface area contributed by atoms with E-state index in [1.54, 1.807) is 0 Å². The normalized spacial score (nSPS) is 26.5. The van der Waals surface area contributed by atoms with E-state index < -0.39 is 92.7 Å². The molecule has 2 heterocycles. The van der Waals surface area contributed by atoms with E-state index in [0.29, 0.717) is 12.8 Å². The zero-order valence-electron chi connectivity index (χ0n) is 39.8. The summed E-state index contributed by atoms with van der Waals surface area (Å²) in [7, 11) is 0. The summed E-state index contributed by atoms with van der Waals surface area (Å²) in [6, 6.07) is 0. The van der Waals surface area contributed by atoms with Gasteiger partial charge in [0.25, 0.3) is 0 Å². The Labute approximate surface area is 385 Å². The summed E-state index contributed by atoms with van der Waals surface area (Å²) >= 11 is 0. The average Bonchev–Trinajstić information content (AvgIpc) is 3.29. The van der Waals surface area contributed by atoms with Gasteiger partial charge in [0.1, 0.15) is 55.4 Å². The fourth-order valence-corrected chi connectivity index (χ4v) is 8.34. The Morgan fingerprint density at radius 1 is 0.438 bits per heavy atom. The second-order valence-electron chi connectivity index (χ2n) is 18.4. The molecule has 11 atom stereocenters. The van der Waals surface area contributed by atoms with Crippen molar-refractivity contribution < 1.29 is 73.8 Å². The third-order valence-corrected chi connectivity index (χ3v) is 12.6. The molecule has 0 aromatic rings. The van der Waals surface area contributed by atoms with E-state index in [1.807, 2.05) is 0 Å². The molecule has 0 spiro atoms. The van der Waals surface area contributed by atoms with Gasteiger partial charge in [0.2, 0.25) is 0 Å². The summed E-state index contributed by atoms with van der Waals surface area (Å²) in [5.41, 5.74) is 0. The maximum absolute atomic E-state index is 12.9. The van der Waals surface area contributed by atoms with Gasteiger partial charge >= 0.3 is 11.9 Å². The molecule has 0 aromatic heterocycles. The number of hydrogen-bond acceptors (Lipinski definition) is 15. The summed E-state index contributed by atoms with van der Waals surface area (Å²) in [5.74, 6) is -0.913. The van der Waals surface area contributed by atoms with Crippen LogP contribution in [0.3, 0.4) is 0 Å². The van der Waals surface area contributed by atoms with Gasteiger partial charge in [-0.25, -0.2) is 0 Å². The smallest absolute Gasteiger partial charge is 0.306 e. The molecule has 2 saturated heterocycles. The van der Waals surface area contributed by atoms with Gasteiger partial charge in [0, 0.05) is 12.8 Å². The van der Waals surface area contributed by atoms with Gasteiger partial charge in [-0.1, -0.05) is 181 Å². The molecule has 4 unspecified atom stereocenters. The van der Waals surface area contributed by atoms with Crippen molar-refractivity contribution in [2.75, 3.05) is 26.4 Å². The molecule has 2 aliphatic rings. The van der Waals surface area contributed by atoms with Crippen molar-refractivity contribution >= 4 is 11.9 Å². The van der Waals surface area contributed by atoms with Gasteiger partial charge in [0.15, 0.2) is 18.7 Å². The minimum Gasteiger partial charge on any atom is -0.462 e. The van der Waals surface area contributed by atoms with Crippen molar-refractivity contribution in [1.29, 1.82) is 0 Å². The average molecular weight is 921 g/mol. The van der Waals surface area contributed by atoms with Gasteiger partial charge in [0.05, 0.1) is 19.8 Å². The molecular weight excluding hydrogens is 829 g/mol. The van der Waals surface area contributed by atoms with Crippen LogP contribution in [0.1, 0.15) is 206 Å². The van der Waals surface area contributed by atoms with Gasteiger partial charge in [-0.05, 0) is 12.8 Å². The topological polar surface area (TPSA) is 231 Å². The predicted molar refractivity (Wildman–Crippen MR) is 243 cm³/mol. The Balaban J connectivity index is 1.77. The number of rotatable bonds is 40. The monoisotopic (exact) mass is 921 g/mol. The number of ether oxygens (including phenoxy) is 6. The third kappa shape index (κ3) is 25.6. The lowest BCUT2D eigenvalue weighted by Crippen LogP contribution is -2.61. The van der Waals surface area contributed by atoms with E-state index in [-0.39, 0.29) is 26.1 Å². The summed E-state index contributed by atoms with van der Waals surface area (Å²) in [6.07, 6.45) is 17.2. The number of carbonyl (C=O) groups excluding carboxylic acids is 2. The Bertz CT molecular complexity index is 1130. The molecule has 64 heavy (non-hydrogen) atoms. The van der Waals surface area contributed by atoms with Crippen molar-refractivity contribution in [2.45, 2.75) is 274 Å². The fraction of sp³-hybridized carbons (Fsp3) is 0.959. The lowest BCUT2D eigenvalue weighted by atomic mass is 9.98. The van der Waals surface area contributed by atoms with E-state index in [9.17, 15) is 45.3 Å². The predicted octanol–water partition coefficient (Wildman–Crippen LogP) is 6.82. The van der Waals surface area contributed by atoms with Crippen LogP contribution >= 0.6 is 0 Å². The first-order valence-corrected chi connectivity index (χ1v) is 25.6. The van der Waals surface area contributed by atoms with Crippen LogP contribution in [0.5, 0.6) is 0 Å². The van der Waals surface area contributed by atoms with Crippen LogP contribution in [0.25, 0.3) is 0 Å².